The molecule has 1 N–H and O–H groups in total. The summed E-state index contributed by atoms with van der Waals surface area (Å²) in [6.45, 7) is 4.71. The zero-order valence-electron chi connectivity index (χ0n) is 15.3. The number of aryl methyl sites for hydroxylation is 2. The minimum absolute atomic E-state index is 0.0877. The molecule has 1 fully saturated rings. The van der Waals surface area contributed by atoms with E-state index in [1.807, 2.05) is 31.2 Å². The zero-order chi connectivity index (χ0) is 19.0. The topological polar surface area (TPSA) is 88.6 Å². The van der Waals surface area contributed by atoms with E-state index in [1.165, 1.54) is 0 Å². The number of piperidine rings is 1. The number of amides is 2. The molecule has 0 aliphatic carbocycles. The number of benzene rings is 1. The molecule has 0 saturated carbocycles. The molecule has 0 bridgehead atoms. The average molecular weight is 367 g/mol. The molecule has 7 heteroatoms. The van der Waals surface area contributed by atoms with Crippen molar-refractivity contribution in [2.75, 3.05) is 18.4 Å². The standard InChI is InChI=1S/C20H21N3O4/c1-12-11-17(22-27-12)21-19(24)14-7-9-23(10-8-14)20(25)18-13(2)15-5-3-4-6-16(15)26-18/h3-6,11,14H,7-10H2,1-2H3,(H,21,22,24). The van der Waals surface area contributed by atoms with Crippen LogP contribution in [0.3, 0.4) is 0 Å². The number of likely N-dealkylation sites (tertiary alicyclic amines) is 1. The van der Waals surface area contributed by atoms with Crippen molar-refractivity contribution >= 4 is 28.6 Å². The minimum Gasteiger partial charge on any atom is -0.451 e. The number of anilines is 1. The van der Waals surface area contributed by atoms with Gasteiger partial charge in [0.05, 0.1) is 0 Å². The van der Waals surface area contributed by atoms with Crippen LogP contribution < -0.4 is 5.32 Å². The number of nitrogens with one attached hydrogen (secondary N) is 1. The van der Waals surface area contributed by atoms with Gasteiger partial charge in [-0.25, -0.2) is 0 Å². The Balaban J connectivity index is 1.40. The predicted octanol–water partition coefficient (Wildman–Crippen LogP) is 3.53. The Morgan fingerprint density at radius 1 is 1.19 bits per heavy atom. The highest BCUT2D eigenvalue weighted by atomic mass is 16.5. The van der Waals surface area contributed by atoms with Crippen molar-refractivity contribution in [1.29, 1.82) is 0 Å². The Hall–Kier alpha value is -3.09. The second kappa shape index (κ2) is 6.90. The number of carbonyl (C=O) groups is 2. The molecule has 140 valence electrons. The van der Waals surface area contributed by atoms with E-state index < -0.39 is 0 Å². The molecule has 1 aliphatic heterocycles. The quantitative estimate of drug-likeness (QED) is 0.765. The van der Waals surface area contributed by atoms with Crippen molar-refractivity contribution in [3.05, 3.63) is 47.4 Å². The van der Waals surface area contributed by atoms with Gasteiger partial charge in [-0.2, -0.15) is 0 Å². The molecule has 1 aliphatic rings. The van der Waals surface area contributed by atoms with Crippen molar-refractivity contribution in [1.82, 2.24) is 10.1 Å². The first-order chi connectivity index (χ1) is 13.0. The van der Waals surface area contributed by atoms with Gasteiger partial charge in [-0.3, -0.25) is 9.59 Å². The normalized spacial score (nSPS) is 15.3. The molecule has 0 spiro atoms. The van der Waals surface area contributed by atoms with E-state index in [0.29, 0.717) is 43.3 Å². The molecule has 3 aromatic rings. The summed E-state index contributed by atoms with van der Waals surface area (Å²) in [5, 5.41) is 7.51. The van der Waals surface area contributed by atoms with Crippen LogP contribution in [-0.2, 0) is 4.79 Å². The van der Waals surface area contributed by atoms with Gasteiger partial charge in [0.15, 0.2) is 11.6 Å². The number of para-hydroxylation sites is 1. The number of nitrogens with zero attached hydrogens (tertiary/aromatic N) is 2. The van der Waals surface area contributed by atoms with Crippen molar-refractivity contribution in [3.8, 4) is 0 Å². The first kappa shape index (κ1) is 17.3. The Morgan fingerprint density at radius 2 is 1.93 bits per heavy atom. The summed E-state index contributed by atoms with van der Waals surface area (Å²) in [5.74, 6) is 1.10. The SMILES string of the molecule is Cc1cc(NC(=O)C2CCN(C(=O)c3oc4ccccc4c3C)CC2)no1. The van der Waals surface area contributed by atoms with E-state index in [1.54, 1.807) is 17.9 Å². The van der Waals surface area contributed by atoms with Gasteiger partial charge in [0, 0.05) is 36.0 Å². The van der Waals surface area contributed by atoms with Gasteiger partial charge in [-0.1, -0.05) is 23.4 Å². The first-order valence-electron chi connectivity index (χ1n) is 9.04. The Kier molecular flexibility index (Phi) is 4.43. The van der Waals surface area contributed by atoms with Crippen molar-refractivity contribution in [3.63, 3.8) is 0 Å². The van der Waals surface area contributed by atoms with E-state index in [-0.39, 0.29) is 17.7 Å². The summed E-state index contributed by atoms with van der Waals surface area (Å²) in [4.78, 5) is 27.0. The van der Waals surface area contributed by atoms with Crippen LogP contribution in [0.4, 0.5) is 5.82 Å². The lowest BCUT2D eigenvalue weighted by molar-refractivity contribution is -0.121. The van der Waals surface area contributed by atoms with Crippen LogP contribution in [0.1, 0.15) is 34.7 Å². The maximum atomic E-state index is 12.9. The summed E-state index contributed by atoms with van der Waals surface area (Å²) < 4.78 is 10.7. The van der Waals surface area contributed by atoms with Gasteiger partial charge < -0.3 is 19.2 Å². The number of carbonyl (C=O) groups excluding carboxylic acids is 2. The smallest absolute Gasteiger partial charge is 0.289 e. The molecule has 3 heterocycles. The third-order valence-electron chi connectivity index (χ3n) is 5.07. The third-order valence-corrected chi connectivity index (χ3v) is 5.07. The molecule has 4 rings (SSSR count). The van der Waals surface area contributed by atoms with Gasteiger partial charge in [-0.05, 0) is 32.8 Å². The summed E-state index contributed by atoms with van der Waals surface area (Å²) >= 11 is 0. The summed E-state index contributed by atoms with van der Waals surface area (Å²) in [5.41, 5.74) is 1.58. The van der Waals surface area contributed by atoms with Crippen LogP contribution in [0.25, 0.3) is 11.0 Å². The van der Waals surface area contributed by atoms with E-state index in [0.717, 1.165) is 16.5 Å². The average Bonchev–Trinajstić information content (AvgIpc) is 3.24. The van der Waals surface area contributed by atoms with Crippen LogP contribution >= 0.6 is 0 Å². The number of fused-ring (bicyclic) bond motifs is 1. The summed E-state index contributed by atoms with van der Waals surface area (Å²) in [6.07, 6.45) is 1.21. The van der Waals surface area contributed by atoms with E-state index >= 15 is 0 Å². The molecule has 0 unspecified atom stereocenters. The van der Waals surface area contributed by atoms with Crippen LogP contribution in [-0.4, -0.2) is 35.0 Å². The molecule has 0 radical (unpaired) electrons. The molecule has 2 amide bonds. The highest BCUT2D eigenvalue weighted by Crippen LogP contribution is 2.28. The Morgan fingerprint density at radius 3 is 2.59 bits per heavy atom. The summed E-state index contributed by atoms with van der Waals surface area (Å²) in [6, 6.07) is 9.31. The molecule has 1 aromatic carbocycles. The zero-order valence-corrected chi connectivity index (χ0v) is 15.3. The lowest BCUT2D eigenvalue weighted by Gasteiger charge is -2.30. The van der Waals surface area contributed by atoms with Crippen molar-refractivity contribution < 1.29 is 18.5 Å². The fraction of sp³-hybridized carbons (Fsp3) is 0.350. The van der Waals surface area contributed by atoms with Gasteiger partial charge in [0.2, 0.25) is 5.91 Å². The number of furan rings is 1. The van der Waals surface area contributed by atoms with E-state index in [9.17, 15) is 9.59 Å². The number of hydrogen-bond donors (Lipinski definition) is 1. The first-order valence-corrected chi connectivity index (χ1v) is 9.04. The predicted molar refractivity (Wildman–Crippen MR) is 99.4 cm³/mol. The molecular formula is C20H21N3O4. The van der Waals surface area contributed by atoms with Gasteiger partial charge >= 0.3 is 0 Å². The van der Waals surface area contributed by atoms with Crippen molar-refractivity contribution in [2.45, 2.75) is 26.7 Å². The third kappa shape index (κ3) is 3.32. The van der Waals surface area contributed by atoms with Gasteiger partial charge in [0.25, 0.3) is 5.91 Å². The lowest BCUT2D eigenvalue weighted by atomic mass is 9.95. The van der Waals surface area contributed by atoms with Crippen LogP contribution in [0.5, 0.6) is 0 Å². The second-order valence-corrected chi connectivity index (χ2v) is 6.93. The number of rotatable bonds is 3. The van der Waals surface area contributed by atoms with E-state index in [2.05, 4.69) is 10.5 Å². The Labute approximate surface area is 156 Å². The summed E-state index contributed by atoms with van der Waals surface area (Å²) in [7, 11) is 0. The molecular weight excluding hydrogens is 346 g/mol. The monoisotopic (exact) mass is 367 g/mol. The number of aromatic nitrogens is 1. The molecule has 1 saturated heterocycles. The fourth-order valence-electron chi connectivity index (χ4n) is 3.52. The van der Waals surface area contributed by atoms with Crippen molar-refractivity contribution in [2.24, 2.45) is 5.92 Å². The van der Waals surface area contributed by atoms with Gasteiger partial charge in [0.1, 0.15) is 11.3 Å². The van der Waals surface area contributed by atoms with Crippen LogP contribution in [0.15, 0.2) is 39.3 Å². The Bertz CT molecular complexity index is 996. The highest BCUT2D eigenvalue weighted by Gasteiger charge is 2.30. The van der Waals surface area contributed by atoms with Crippen LogP contribution in [0.2, 0.25) is 0 Å². The molecule has 0 atom stereocenters. The van der Waals surface area contributed by atoms with Crippen LogP contribution in [0, 0.1) is 19.8 Å². The molecule has 27 heavy (non-hydrogen) atoms. The highest BCUT2D eigenvalue weighted by molar-refractivity contribution is 5.99. The lowest BCUT2D eigenvalue weighted by Crippen LogP contribution is -2.41. The number of hydrogen-bond acceptors (Lipinski definition) is 5. The maximum absolute atomic E-state index is 12.9. The minimum atomic E-state index is -0.150. The molecule has 2 aromatic heterocycles. The largest absolute Gasteiger partial charge is 0.451 e. The van der Waals surface area contributed by atoms with Gasteiger partial charge in [-0.15, -0.1) is 0 Å². The fourth-order valence-corrected chi connectivity index (χ4v) is 3.52. The second-order valence-electron chi connectivity index (χ2n) is 6.93. The van der Waals surface area contributed by atoms with E-state index in [4.69, 9.17) is 8.94 Å². The molecule has 7 nitrogen and oxygen atoms in total. The maximum Gasteiger partial charge on any atom is 0.289 e.